The van der Waals surface area contributed by atoms with Gasteiger partial charge in [-0.15, -0.1) is 0 Å². The Kier molecular flexibility index (Phi) is 21.8. The number of fused-ring (bicyclic) bond motifs is 5. The molecule has 11 atom stereocenters. The predicted molar refractivity (Wildman–Crippen MR) is 273 cm³/mol. The van der Waals surface area contributed by atoms with Crippen LogP contribution in [0.2, 0.25) is 0 Å². The van der Waals surface area contributed by atoms with Crippen LogP contribution in [0.5, 0.6) is 0 Å². The first-order valence-corrected chi connectivity index (χ1v) is 26.0. The van der Waals surface area contributed by atoms with Crippen LogP contribution in [-0.2, 0) is 19.1 Å². The third-order valence-corrected chi connectivity index (χ3v) is 16.3. The van der Waals surface area contributed by atoms with E-state index in [1.165, 1.54) is 50.5 Å². The second kappa shape index (κ2) is 26.4. The zero-order valence-electron chi connectivity index (χ0n) is 42.3. The van der Waals surface area contributed by atoms with Crippen LogP contribution in [-0.4, -0.2) is 78.7 Å². The summed E-state index contributed by atoms with van der Waals surface area (Å²) in [7, 11) is 0. The fourth-order valence-electron chi connectivity index (χ4n) is 12.8. The second-order valence-corrected chi connectivity index (χ2v) is 21.7. The number of unbranched alkanes of at least 4 members (excludes halogenated alkanes) is 4. The van der Waals surface area contributed by atoms with Crippen molar-refractivity contribution in [3.8, 4) is 0 Å². The molecule has 16 nitrogen and oxygen atoms in total. The molecule has 3 saturated carbocycles. The number of esters is 1. The fraction of sp³-hybridized carbons (Fsp3) is 0.824. The molecule has 0 aromatic carbocycles. The summed E-state index contributed by atoms with van der Waals surface area (Å²) in [4.78, 5) is 58.0. The molecule has 0 aliphatic heterocycles. The summed E-state index contributed by atoms with van der Waals surface area (Å²) in [5, 5.41) is 2.96. The lowest BCUT2D eigenvalue weighted by molar-refractivity contribution is -0.155. The lowest BCUT2D eigenvalue weighted by Gasteiger charge is -2.58. The highest BCUT2D eigenvalue weighted by Crippen LogP contribution is 2.67. The number of amides is 1. The zero-order valence-corrected chi connectivity index (χ0v) is 42.3. The summed E-state index contributed by atoms with van der Waals surface area (Å²) in [6.45, 7) is 15.1. The number of nitrogens with zero attached hydrogens (tertiary/aromatic N) is 4. The van der Waals surface area contributed by atoms with E-state index in [2.05, 4.69) is 66.0 Å². The van der Waals surface area contributed by atoms with Gasteiger partial charge in [-0.05, 0) is 150 Å². The van der Waals surface area contributed by atoms with E-state index in [9.17, 15) is 14.4 Å². The maximum Gasteiger partial charge on any atom is 0.328 e. The molecule has 0 saturated heterocycles. The number of nitrogens with two attached hydrogens (primary N) is 7. The van der Waals surface area contributed by atoms with Crippen LogP contribution in [0.15, 0.2) is 31.6 Å². The zero-order chi connectivity index (χ0) is 49.3. The fourth-order valence-corrected chi connectivity index (χ4v) is 12.8. The van der Waals surface area contributed by atoms with Crippen molar-refractivity contribution in [2.24, 2.45) is 106 Å². The highest BCUT2D eigenvalue weighted by molar-refractivity contribution is 5.90. The minimum absolute atomic E-state index is 0.000638. The normalized spacial score (nSPS) is 27.5. The molecule has 0 aromatic heterocycles. The monoisotopic (exact) mass is 937 g/mol. The molecule has 1 amide bonds. The highest BCUT2D eigenvalue weighted by Gasteiger charge is 2.59. The SMILES string of the molecule is CC(N)=NCCCCC(N=C(N)N)C(=O)CCCCCC(NC(=O)C(CCCCN=C(N)N)N=C(N)N)C(=O)OC1CCC2(C)C(=CCC3C2CCC2(C)C(C(C)CCCC(C)C)CCC32)C1. The molecule has 67 heavy (non-hydrogen) atoms. The topological polar surface area (TPSA) is 304 Å². The number of rotatable bonds is 28. The lowest BCUT2D eigenvalue weighted by atomic mass is 9.47. The van der Waals surface area contributed by atoms with E-state index in [0.717, 1.165) is 62.2 Å². The highest BCUT2D eigenvalue weighted by atomic mass is 16.5. The summed E-state index contributed by atoms with van der Waals surface area (Å²) in [5.74, 6) is 3.72. The Morgan fingerprint density at radius 2 is 1.37 bits per heavy atom. The molecule has 16 heteroatoms. The maximum atomic E-state index is 14.2. The molecule has 4 aliphatic carbocycles. The Labute approximate surface area is 402 Å². The number of hydrogen-bond acceptors (Lipinski definition) is 8. The van der Waals surface area contributed by atoms with Gasteiger partial charge in [0.25, 0.3) is 0 Å². The Morgan fingerprint density at radius 3 is 2.03 bits per heavy atom. The van der Waals surface area contributed by atoms with Gasteiger partial charge < -0.3 is 50.2 Å². The quantitative estimate of drug-likeness (QED) is 0.0143. The number of hydrogen-bond donors (Lipinski definition) is 8. The molecule has 4 aliphatic rings. The molecule has 0 bridgehead atoms. The molecule has 3 fully saturated rings. The van der Waals surface area contributed by atoms with Crippen LogP contribution < -0.4 is 45.5 Å². The average molecular weight is 937 g/mol. The third kappa shape index (κ3) is 16.4. The number of Topliss-reactive ketones (excluding diaryl/α,β-unsaturated/α-hetero) is 1. The van der Waals surface area contributed by atoms with Crippen molar-refractivity contribution >= 4 is 41.4 Å². The van der Waals surface area contributed by atoms with Crippen molar-refractivity contribution in [2.45, 2.75) is 207 Å². The van der Waals surface area contributed by atoms with Crippen molar-refractivity contribution in [1.82, 2.24) is 5.32 Å². The molecular formula is C51H92N12O4. The molecule has 11 unspecified atom stereocenters. The first-order valence-electron chi connectivity index (χ1n) is 26.0. The van der Waals surface area contributed by atoms with Crippen LogP contribution in [0.1, 0.15) is 183 Å². The minimum Gasteiger partial charge on any atom is -0.461 e. The van der Waals surface area contributed by atoms with Gasteiger partial charge in [0.1, 0.15) is 24.2 Å². The summed E-state index contributed by atoms with van der Waals surface area (Å²) in [6.07, 6.45) is 21.1. The van der Waals surface area contributed by atoms with E-state index in [1.54, 1.807) is 6.92 Å². The largest absolute Gasteiger partial charge is 0.461 e. The summed E-state index contributed by atoms with van der Waals surface area (Å²) >= 11 is 0. The van der Waals surface area contributed by atoms with E-state index >= 15 is 0 Å². The van der Waals surface area contributed by atoms with Gasteiger partial charge in [-0.25, -0.2) is 14.8 Å². The Hall–Kier alpha value is -4.37. The van der Waals surface area contributed by atoms with Crippen molar-refractivity contribution in [2.75, 3.05) is 13.1 Å². The standard InChI is InChI=1S/C51H92N12O4/c1-32(2)15-14-16-33(3)38-23-24-39-37-22-21-35-31-36(25-27-50(35,5)40(37)26-28-51(38,39)6)67-46(66)43(61-45(65)42(63-49(57)58)18-11-13-30-60-47(53)54)19-8-7-9-20-44(64)41(62-48(55)56)17-10-12-29-59-34(4)52/h21,32-33,36-43H,7-20,22-31H2,1-6H3,(H2,52,59)(H,61,65)(H4,53,54,60)(H4,55,56,62)(H4,57,58,63). The number of amidine groups is 1. The van der Waals surface area contributed by atoms with Gasteiger partial charge in [0.15, 0.2) is 23.7 Å². The van der Waals surface area contributed by atoms with Crippen LogP contribution in [0, 0.1) is 46.3 Å². The first kappa shape index (κ1) is 55.2. The van der Waals surface area contributed by atoms with E-state index in [1.807, 2.05) is 0 Å². The number of carbonyl (C=O) groups excluding carboxylic acids is 3. The molecule has 0 heterocycles. The first-order chi connectivity index (χ1) is 31.7. The number of guanidine groups is 3. The molecule has 0 radical (unpaired) electrons. The molecule has 4 rings (SSSR count). The van der Waals surface area contributed by atoms with Crippen molar-refractivity contribution in [3.63, 3.8) is 0 Å². The van der Waals surface area contributed by atoms with Gasteiger partial charge in [-0.1, -0.05) is 78.4 Å². The Morgan fingerprint density at radius 1 is 0.716 bits per heavy atom. The predicted octanol–water partition coefficient (Wildman–Crippen LogP) is 6.22. The Bertz CT molecular complexity index is 1760. The molecule has 0 spiro atoms. The van der Waals surface area contributed by atoms with Gasteiger partial charge in [-0.2, -0.15) is 0 Å². The van der Waals surface area contributed by atoms with Crippen molar-refractivity contribution < 1.29 is 19.1 Å². The number of aliphatic imine (C=N–C) groups is 4. The summed E-state index contributed by atoms with van der Waals surface area (Å²) in [6, 6.07) is -2.46. The van der Waals surface area contributed by atoms with Gasteiger partial charge in [0.05, 0.1) is 5.84 Å². The van der Waals surface area contributed by atoms with Crippen LogP contribution >= 0.6 is 0 Å². The second-order valence-electron chi connectivity index (χ2n) is 21.7. The van der Waals surface area contributed by atoms with Crippen LogP contribution in [0.3, 0.4) is 0 Å². The van der Waals surface area contributed by atoms with Crippen LogP contribution in [0.25, 0.3) is 0 Å². The lowest BCUT2D eigenvalue weighted by Crippen LogP contribution is -2.51. The van der Waals surface area contributed by atoms with Crippen molar-refractivity contribution in [3.05, 3.63) is 11.6 Å². The van der Waals surface area contributed by atoms with Gasteiger partial charge in [-0.3, -0.25) is 19.6 Å². The molecule has 15 N–H and O–H groups in total. The number of allylic oxidation sites excluding steroid dienone is 1. The average Bonchev–Trinajstić information content (AvgIpc) is 3.61. The van der Waals surface area contributed by atoms with E-state index in [0.29, 0.717) is 87.5 Å². The minimum atomic E-state index is -0.923. The maximum absolute atomic E-state index is 14.2. The summed E-state index contributed by atoms with van der Waals surface area (Å²) < 4.78 is 6.36. The van der Waals surface area contributed by atoms with E-state index < -0.39 is 30.0 Å². The number of nitrogens with one attached hydrogen (secondary N) is 1. The smallest absolute Gasteiger partial charge is 0.328 e. The number of carbonyl (C=O) groups is 3. The van der Waals surface area contributed by atoms with E-state index in [4.69, 9.17) is 44.9 Å². The number of ether oxygens (including phenoxy) is 1. The van der Waals surface area contributed by atoms with Gasteiger partial charge in [0.2, 0.25) is 5.91 Å². The molecular weight excluding hydrogens is 845 g/mol. The van der Waals surface area contributed by atoms with Crippen molar-refractivity contribution in [1.29, 1.82) is 0 Å². The Balaban J connectivity index is 1.41. The summed E-state index contributed by atoms with van der Waals surface area (Å²) in [5.41, 5.74) is 41.5. The van der Waals surface area contributed by atoms with E-state index in [-0.39, 0.29) is 41.6 Å². The molecule has 0 aromatic rings. The van der Waals surface area contributed by atoms with Crippen LogP contribution in [0.4, 0.5) is 0 Å². The number of ketones is 1. The van der Waals surface area contributed by atoms with Gasteiger partial charge >= 0.3 is 5.97 Å². The molecule has 380 valence electrons. The third-order valence-electron chi connectivity index (χ3n) is 16.3. The van der Waals surface area contributed by atoms with Gasteiger partial charge in [0, 0.05) is 25.9 Å².